The normalized spacial score (nSPS) is 0. The average molecular weight is 96.5 g/mol. The van der Waals surface area contributed by atoms with Gasteiger partial charge < -0.3 is 12.4 Å². The third-order valence-electron chi connectivity index (χ3n) is 0. The Bertz CT molecular complexity index is 9.61. The van der Waals surface area contributed by atoms with Gasteiger partial charge in [0.2, 0.25) is 0 Å². The van der Waals surface area contributed by atoms with Crippen LogP contribution in [0.5, 0.6) is 0 Å². The zero-order valence-electron chi connectivity index (χ0n) is 3.41. The van der Waals surface area contributed by atoms with Gasteiger partial charge in [0.1, 0.15) is 0 Å². The van der Waals surface area contributed by atoms with Gasteiger partial charge in [0.05, 0.1) is 0 Å². The van der Waals surface area contributed by atoms with Gasteiger partial charge in [0, 0.05) is 0 Å². The first-order valence-corrected chi connectivity index (χ1v) is 0. The first-order valence-electron chi connectivity index (χ1n) is 0. The van der Waals surface area contributed by atoms with Crippen LogP contribution in [0.1, 0.15) is 1.43 Å². The predicted octanol–water partition coefficient (Wildman–Crippen LogP) is -4.11. The fraction of sp³-hybridized carbons (Fsp3) is 0. The van der Waals surface area contributed by atoms with Crippen LogP contribution >= 0.6 is 12.4 Å². The molecule has 0 aromatic rings. The molecule has 0 saturated carbocycles. The molecule has 0 unspecified atom stereocenters. The molecule has 0 aromatic heterocycles. The average Bonchev–Trinajstić information content (AvgIpc) is 0. The van der Waals surface area contributed by atoms with E-state index in [-0.39, 0.29) is 54.3 Å². The molecular weight excluding hydrogens is 90.4 g/mol. The predicted molar refractivity (Wildman–Crippen MR) is 15.6 cm³/mol. The van der Waals surface area contributed by atoms with Crippen LogP contribution in [0.4, 0.5) is 0 Å². The van der Waals surface area contributed by atoms with Gasteiger partial charge in [0.25, 0.3) is 0 Å². The van der Waals surface area contributed by atoms with Crippen molar-refractivity contribution in [3.63, 3.8) is 0 Å². The summed E-state index contributed by atoms with van der Waals surface area (Å²) in [6, 6.07) is 0. The molecule has 0 rings (SSSR count). The summed E-state index contributed by atoms with van der Waals surface area (Å²) in [6.07, 6.45) is 0. The Morgan fingerprint density at radius 1 is 1.00 bits per heavy atom. The number of hydrogen-bond donors (Lipinski definition) is 0. The van der Waals surface area contributed by atoms with Crippen molar-refractivity contribution >= 4 is 12.4 Å². The van der Waals surface area contributed by atoms with Crippen molar-refractivity contribution in [3.05, 3.63) is 0 Å². The third kappa shape index (κ3) is 10.7. The molecule has 4 heteroatoms. The largest absolute Gasteiger partial charge is 1.00 e. The summed E-state index contributed by atoms with van der Waals surface area (Å²) >= 11 is 0. The van der Waals surface area contributed by atoms with Crippen molar-refractivity contribution in [1.29, 1.82) is 0 Å². The molecule has 0 spiro atoms. The molecule has 0 aliphatic rings. The molecule has 0 radical (unpaired) electrons. The number of halogens is 1. The maximum atomic E-state index is 0. The van der Waals surface area contributed by atoms with Crippen molar-refractivity contribution in [1.82, 2.24) is 0 Å². The van der Waals surface area contributed by atoms with Gasteiger partial charge in [-0.05, 0) is 0 Å². The van der Waals surface area contributed by atoms with E-state index in [1.807, 2.05) is 0 Å². The molecule has 0 heterocycles. The van der Waals surface area contributed by atoms with E-state index >= 15 is 0 Å². The van der Waals surface area contributed by atoms with E-state index in [0.717, 1.165) is 0 Å². The minimum Gasteiger partial charge on any atom is -1.00 e. The minimum atomic E-state index is 0. The Hall–Kier alpha value is 1.21. The number of rotatable bonds is 0. The maximum absolute atomic E-state index is 0. The van der Waals surface area contributed by atoms with E-state index in [0.29, 0.717) is 0 Å². The minimum absolute atomic E-state index is 0. The van der Waals surface area contributed by atoms with Crippen molar-refractivity contribution in [2.24, 2.45) is 0 Å². The molecule has 0 bridgehead atoms. The fourth-order valence-corrected chi connectivity index (χ4v) is 0. The van der Waals surface area contributed by atoms with Gasteiger partial charge in [-0.25, -0.2) is 0 Å². The van der Waals surface area contributed by atoms with Crippen LogP contribution in [0.15, 0.2) is 0 Å². The van der Waals surface area contributed by atoms with Gasteiger partial charge in [0.15, 0.2) is 0 Å². The van der Waals surface area contributed by atoms with Crippen LogP contribution in [0.25, 0.3) is 0 Å². The van der Waals surface area contributed by atoms with Crippen molar-refractivity contribution in [2.45, 2.75) is 0 Å². The SMILES string of the molecule is Cl.O.O.[H-].[Na+]. The standard InChI is InChI=1S/ClH.Na.2H2O.H/h1H;;2*1H2;/q;+1;;;-1. The molecule has 0 fully saturated rings. The van der Waals surface area contributed by atoms with Crippen LogP contribution < -0.4 is 29.6 Å². The Labute approximate surface area is 54.4 Å². The molecule has 2 nitrogen and oxygen atoms in total. The summed E-state index contributed by atoms with van der Waals surface area (Å²) < 4.78 is 0. The molecule has 0 atom stereocenters. The molecule has 0 saturated heterocycles. The zero-order valence-corrected chi connectivity index (χ0v) is 5.22. The molecule has 0 aromatic carbocycles. The van der Waals surface area contributed by atoms with Gasteiger partial charge in [-0.2, -0.15) is 0 Å². The van der Waals surface area contributed by atoms with Gasteiger partial charge >= 0.3 is 29.6 Å². The summed E-state index contributed by atoms with van der Waals surface area (Å²) in [7, 11) is 0. The van der Waals surface area contributed by atoms with Gasteiger partial charge in [-0.15, -0.1) is 12.4 Å². The monoisotopic (exact) mass is 96.0 g/mol. The second-order valence-electron chi connectivity index (χ2n) is 0. The molecule has 4 N–H and O–H groups in total. The summed E-state index contributed by atoms with van der Waals surface area (Å²) in [4.78, 5) is 0. The Kier molecular flexibility index (Phi) is 467. The summed E-state index contributed by atoms with van der Waals surface area (Å²) in [5.74, 6) is 0. The van der Waals surface area contributed by atoms with E-state index in [9.17, 15) is 0 Å². The summed E-state index contributed by atoms with van der Waals surface area (Å²) in [5, 5.41) is 0. The molecule has 26 valence electrons. The Balaban J connectivity index is 0. The Morgan fingerprint density at radius 2 is 1.00 bits per heavy atom. The molecule has 0 aliphatic carbocycles. The second kappa shape index (κ2) is 29.6. The smallest absolute Gasteiger partial charge is 1.00 e. The van der Waals surface area contributed by atoms with Crippen LogP contribution in [0, 0.1) is 0 Å². The fourth-order valence-electron chi connectivity index (χ4n) is 0. The molecule has 0 aliphatic heterocycles. The number of hydrogen-bond acceptors (Lipinski definition) is 0. The summed E-state index contributed by atoms with van der Waals surface area (Å²) in [5.41, 5.74) is 0. The van der Waals surface area contributed by atoms with E-state index in [1.165, 1.54) is 0 Å². The van der Waals surface area contributed by atoms with Crippen molar-refractivity contribution in [2.75, 3.05) is 0 Å². The summed E-state index contributed by atoms with van der Waals surface area (Å²) in [6.45, 7) is 0. The second-order valence-corrected chi connectivity index (χ2v) is 0. The topological polar surface area (TPSA) is 63.0 Å². The van der Waals surface area contributed by atoms with Crippen LogP contribution in [-0.4, -0.2) is 11.0 Å². The van der Waals surface area contributed by atoms with Crippen molar-refractivity contribution in [3.8, 4) is 0 Å². The van der Waals surface area contributed by atoms with Crippen LogP contribution in [-0.2, 0) is 0 Å². The van der Waals surface area contributed by atoms with Crippen LogP contribution in [0.2, 0.25) is 0 Å². The first-order chi connectivity index (χ1) is 0. The zero-order chi connectivity index (χ0) is 0. The van der Waals surface area contributed by atoms with Crippen molar-refractivity contribution < 1.29 is 41.9 Å². The Morgan fingerprint density at radius 3 is 1.00 bits per heavy atom. The van der Waals surface area contributed by atoms with Gasteiger partial charge in [-0.1, -0.05) is 0 Å². The van der Waals surface area contributed by atoms with Crippen LogP contribution in [0.3, 0.4) is 0 Å². The van der Waals surface area contributed by atoms with E-state index in [2.05, 4.69) is 0 Å². The van der Waals surface area contributed by atoms with Gasteiger partial charge in [-0.3, -0.25) is 0 Å². The maximum Gasteiger partial charge on any atom is 1.00 e. The van der Waals surface area contributed by atoms with E-state index in [4.69, 9.17) is 0 Å². The molecule has 0 amide bonds. The first kappa shape index (κ1) is 63.1. The van der Waals surface area contributed by atoms with E-state index in [1.54, 1.807) is 0 Å². The van der Waals surface area contributed by atoms with E-state index < -0.39 is 0 Å². The third-order valence-corrected chi connectivity index (χ3v) is 0. The quantitative estimate of drug-likeness (QED) is 0.275. The molecule has 4 heavy (non-hydrogen) atoms. The molecular formula is H6ClNaO2.